The number of hydrogen-bond acceptors (Lipinski definition) is 5. The highest BCUT2D eigenvalue weighted by atomic mass is 19.3. The Hall–Kier alpha value is -1.97. The van der Waals surface area contributed by atoms with Crippen molar-refractivity contribution in [1.29, 1.82) is 0 Å². The molecule has 2 heterocycles. The van der Waals surface area contributed by atoms with Gasteiger partial charge in [-0.3, -0.25) is 14.5 Å². The van der Waals surface area contributed by atoms with Crippen molar-refractivity contribution in [2.75, 3.05) is 39.8 Å². The molecule has 0 aromatic carbocycles. The smallest absolute Gasteiger partial charge is 0.411 e. The Bertz CT molecular complexity index is 821. The van der Waals surface area contributed by atoms with Crippen LogP contribution in [0.25, 0.3) is 0 Å². The van der Waals surface area contributed by atoms with Gasteiger partial charge in [0.2, 0.25) is 17.7 Å². The van der Waals surface area contributed by atoms with E-state index >= 15 is 0 Å². The van der Waals surface area contributed by atoms with E-state index in [1.807, 2.05) is 27.8 Å². The van der Waals surface area contributed by atoms with Crippen molar-refractivity contribution in [3.8, 4) is 0 Å². The molecule has 3 amide bonds. The minimum Gasteiger partial charge on any atom is -0.444 e. The summed E-state index contributed by atoms with van der Waals surface area (Å²) < 4.78 is 33.5. The Labute approximate surface area is 214 Å². The van der Waals surface area contributed by atoms with E-state index in [1.54, 1.807) is 30.6 Å². The Morgan fingerprint density at radius 2 is 1.47 bits per heavy atom. The fourth-order valence-corrected chi connectivity index (χ4v) is 5.33. The maximum absolute atomic E-state index is 14.0. The molecule has 1 aliphatic carbocycles. The van der Waals surface area contributed by atoms with E-state index in [4.69, 9.17) is 4.74 Å². The van der Waals surface area contributed by atoms with E-state index in [-0.39, 0.29) is 56.5 Å². The molecule has 0 radical (unpaired) electrons. The van der Waals surface area contributed by atoms with Crippen molar-refractivity contribution in [3.05, 3.63) is 0 Å². The van der Waals surface area contributed by atoms with Crippen molar-refractivity contribution >= 4 is 17.9 Å². The van der Waals surface area contributed by atoms with Gasteiger partial charge in [0, 0.05) is 57.0 Å². The lowest BCUT2D eigenvalue weighted by molar-refractivity contribution is -0.148. The van der Waals surface area contributed by atoms with Crippen LogP contribution in [0.15, 0.2) is 0 Å². The van der Waals surface area contributed by atoms with Crippen LogP contribution in [-0.4, -0.2) is 107 Å². The van der Waals surface area contributed by atoms with Crippen molar-refractivity contribution in [1.82, 2.24) is 19.6 Å². The number of amides is 3. The minimum absolute atomic E-state index is 0.139. The zero-order valence-corrected chi connectivity index (χ0v) is 23.0. The average Bonchev–Trinajstić information content (AvgIpc) is 3.18. The Morgan fingerprint density at radius 1 is 0.917 bits per heavy atom. The Balaban J connectivity index is 1.89. The number of halogens is 2. The Morgan fingerprint density at radius 3 is 1.97 bits per heavy atom. The summed E-state index contributed by atoms with van der Waals surface area (Å²) in [4.78, 5) is 47.6. The van der Waals surface area contributed by atoms with Crippen molar-refractivity contribution in [3.63, 3.8) is 0 Å². The van der Waals surface area contributed by atoms with E-state index in [1.165, 1.54) is 4.90 Å². The van der Waals surface area contributed by atoms with Crippen LogP contribution in [0.5, 0.6) is 0 Å². The minimum atomic E-state index is -2.72. The number of nitrogens with zero attached hydrogens (tertiary/aromatic N) is 4. The number of likely N-dealkylation sites (tertiary alicyclic amines) is 1. The van der Waals surface area contributed by atoms with Gasteiger partial charge in [-0.05, 0) is 47.1 Å². The van der Waals surface area contributed by atoms with E-state index in [9.17, 15) is 23.2 Å². The summed E-state index contributed by atoms with van der Waals surface area (Å²) >= 11 is 0. The highest BCUT2D eigenvalue weighted by Gasteiger charge is 2.50. The first-order valence-corrected chi connectivity index (χ1v) is 13.2. The molecule has 0 bridgehead atoms. The first-order valence-electron chi connectivity index (χ1n) is 13.2. The molecule has 0 aromatic rings. The number of likely N-dealkylation sites (N-methyl/N-ethyl adjacent to an activating group) is 1. The van der Waals surface area contributed by atoms with Crippen LogP contribution in [-0.2, 0) is 14.3 Å². The second kappa shape index (κ2) is 10.4. The fourth-order valence-electron chi connectivity index (χ4n) is 5.33. The number of carbonyl (C=O) groups excluding carboxylic acids is 3. The molecule has 206 valence electrons. The number of piperazine rings is 1. The third-order valence-corrected chi connectivity index (χ3v) is 7.36. The van der Waals surface area contributed by atoms with Gasteiger partial charge in [-0.15, -0.1) is 0 Å². The second-order valence-corrected chi connectivity index (χ2v) is 12.7. The molecule has 0 N–H and O–H groups in total. The summed E-state index contributed by atoms with van der Waals surface area (Å²) in [6.45, 7) is 13.5. The summed E-state index contributed by atoms with van der Waals surface area (Å²) in [5.74, 6) is -3.00. The van der Waals surface area contributed by atoms with Gasteiger partial charge < -0.3 is 19.4 Å². The van der Waals surface area contributed by atoms with E-state index in [0.29, 0.717) is 13.1 Å². The molecule has 2 aliphatic heterocycles. The molecule has 2 saturated heterocycles. The van der Waals surface area contributed by atoms with Crippen LogP contribution < -0.4 is 0 Å². The molecule has 8 nitrogen and oxygen atoms in total. The van der Waals surface area contributed by atoms with Gasteiger partial charge in [-0.25, -0.2) is 13.6 Å². The quantitative estimate of drug-likeness (QED) is 0.576. The van der Waals surface area contributed by atoms with E-state index < -0.39 is 35.1 Å². The van der Waals surface area contributed by atoms with E-state index in [2.05, 4.69) is 4.90 Å². The molecular weight excluding hydrogens is 470 g/mol. The molecule has 1 unspecified atom stereocenters. The molecule has 3 fully saturated rings. The average molecular weight is 515 g/mol. The van der Waals surface area contributed by atoms with Crippen LogP contribution >= 0.6 is 0 Å². The zero-order chi connectivity index (χ0) is 27.1. The maximum Gasteiger partial charge on any atom is 0.411 e. The molecule has 36 heavy (non-hydrogen) atoms. The predicted octanol–water partition coefficient (Wildman–Crippen LogP) is 3.59. The summed E-state index contributed by atoms with van der Waals surface area (Å²) in [7, 11) is 2.00. The van der Waals surface area contributed by atoms with Gasteiger partial charge >= 0.3 is 6.09 Å². The van der Waals surface area contributed by atoms with Gasteiger partial charge in [-0.1, -0.05) is 20.8 Å². The van der Waals surface area contributed by atoms with Crippen molar-refractivity contribution in [2.45, 2.75) is 103 Å². The third-order valence-electron chi connectivity index (χ3n) is 7.36. The predicted molar refractivity (Wildman–Crippen MR) is 133 cm³/mol. The van der Waals surface area contributed by atoms with Crippen LogP contribution in [0.3, 0.4) is 0 Å². The molecule has 2 atom stereocenters. The van der Waals surface area contributed by atoms with Gasteiger partial charge in [0.25, 0.3) is 0 Å². The number of carbonyl (C=O) groups is 3. The van der Waals surface area contributed by atoms with Crippen LogP contribution in [0, 0.1) is 5.41 Å². The van der Waals surface area contributed by atoms with Gasteiger partial charge in [0.15, 0.2) is 0 Å². The second-order valence-electron chi connectivity index (χ2n) is 12.7. The molecule has 3 rings (SSSR count). The lowest BCUT2D eigenvalue weighted by Gasteiger charge is -2.43. The molecule has 0 spiro atoms. The standard InChI is InChI=1S/C26H44F2N4O4/c1-24(2,3)22(34)32(18-8-10-26(27,28)11-9-18)19-16-20(21(33)30-14-12-29(7)13-15-30)31(17-19)23(35)36-25(4,5)6/h18-20H,8-17H2,1-7H3/t19-,20?/m0/s1. The highest BCUT2D eigenvalue weighted by Crippen LogP contribution is 2.39. The normalized spacial score (nSPS) is 26.1. The molecular formula is C26H44F2N4O4. The highest BCUT2D eigenvalue weighted by molar-refractivity contribution is 5.87. The molecule has 1 saturated carbocycles. The number of hydrogen-bond donors (Lipinski definition) is 0. The van der Waals surface area contributed by atoms with Crippen LogP contribution in [0.2, 0.25) is 0 Å². The van der Waals surface area contributed by atoms with Crippen molar-refractivity contribution in [2.24, 2.45) is 5.41 Å². The molecule has 3 aliphatic rings. The summed E-state index contributed by atoms with van der Waals surface area (Å²) in [6.07, 6.45) is -0.436. The van der Waals surface area contributed by atoms with Crippen molar-refractivity contribution < 1.29 is 27.9 Å². The monoisotopic (exact) mass is 514 g/mol. The third kappa shape index (κ3) is 6.86. The van der Waals surface area contributed by atoms with E-state index in [0.717, 1.165) is 13.1 Å². The fraction of sp³-hybridized carbons (Fsp3) is 0.885. The zero-order valence-electron chi connectivity index (χ0n) is 23.0. The van der Waals surface area contributed by atoms with Gasteiger partial charge in [0.05, 0.1) is 6.04 Å². The number of ether oxygens (including phenoxy) is 1. The lowest BCUT2D eigenvalue weighted by Crippen LogP contribution is -2.54. The number of alkyl halides is 2. The largest absolute Gasteiger partial charge is 0.444 e. The van der Waals surface area contributed by atoms with Gasteiger partial charge in [-0.2, -0.15) is 0 Å². The summed E-state index contributed by atoms with van der Waals surface area (Å²) in [5, 5.41) is 0. The van der Waals surface area contributed by atoms with Crippen LogP contribution in [0.1, 0.15) is 73.6 Å². The topological polar surface area (TPSA) is 73.4 Å². The molecule has 0 aromatic heterocycles. The first kappa shape index (κ1) is 28.6. The number of rotatable bonds is 3. The molecule has 10 heteroatoms. The summed E-state index contributed by atoms with van der Waals surface area (Å²) in [6, 6.07) is -1.55. The first-order chi connectivity index (χ1) is 16.5. The van der Waals surface area contributed by atoms with Crippen LogP contribution in [0.4, 0.5) is 13.6 Å². The SMILES string of the molecule is CN1CCN(C(=O)C2C[C@H](N(C(=O)C(C)(C)C)C3CCC(F)(F)CC3)CN2C(=O)OC(C)(C)C)CC1. The summed E-state index contributed by atoms with van der Waals surface area (Å²) in [5.41, 5.74) is -1.47. The Kier molecular flexibility index (Phi) is 8.28. The van der Waals surface area contributed by atoms with Gasteiger partial charge in [0.1, 0.15) is 11.6 Å². The maximum atomic E-state index is 14.0. The lowest BCUT2D eigenvalue weighted by atomic mass is 9.86.